The van der Waals surface area contributed by atoms with E-state index in [0.717, 1.165) is 24.5 Å². The van der Waals surface area contributed by atoms with Gasteiger partial charge in [0.15, 0.2) is 5.82 Å². The topological polar surface area (TPSA) is 68.8 Å². The molecule has 0 unspecified atom stereocenters. The van der Waals surface area contributed by atoms with Crippen LogP contribution in [0.15, 0.2) is 43.0 Å². The molecule has 2 aromatic heterocycles. The minimum atomic E-state index is -0.470. The molecule has 3 heterocycles. The number of benzene rings is 1. The molecule has 4 rings (SSSR count). The largest absolute Gasteiger partial charge is 0.339 e. The summed E-state index contributed by atoms with van der Waals surface area (Å²) in [5, 5.41) is 8.69. The molecule has 1 aromatic carbocycles. The molecule has 3 aromatic rings. The lowest BCUT2D eigenvalue weighted by Gasteiger charge is -2.31. The van der Waals surface area contributed by atoms with E-state index in [4.69, 9.17) is 0 Å². The number of imidazole rings is 1. The minimum Gasteiger partial charge on any atom is -0.339 e. The van der Waals surface area contributed by atoms with Crippen molar-refractivity contribution in [2.24, 2.45) is 7.05 Å². The summed E-state index contributed by atoms with van der Waals surface area (Å²) in [7, 11) is 1.97. The normalized spacial score (nSPS) is 15.3. The maximum Gasteiger partial charge on any atom is 0.256 e. The van der Waals surface area contributed by atoms with Crippen LogP contribution in [-0.4, -0.2) is 48.2 Å². The number of carbonyl (C=O) groups excluding carboxylic acids is 1. The zero-order valence-electron chi connectivity index (χ0n) is 15.1. The highest BCUT2D eigenvalue weighted by Crippen LogP contribution is 2.28. The lowest BCUT2D eigenvalue weighted by molar-refractivity contribution is 0.0705. The van der Waals surface area contributed by atoms with E-state index in [1.807, 2.05) is 22.4 Å². The molecular weight excluding hydrogens is 347 g/mol. The number of amides is 1. The molecule has 0 N–H and O–H groups in total. The summed E-state index contributed by atoms with van der Waals surface area (Å²) < 4.78 is 17.8. The van der Waals surface area contributed by atoms with Crippen molar-refractivity contribution in [3.8, 4) is 0 Å². The van der Waals surface area contributed by atoms with Crippen molar-refractivity contribution < 1.29 is 9.18 Å². The zero-order valence-corrected chi connectivity index (χ0v) is 15.1. The van der Waals surface area contributed by atoms with E-state index in [1.165, 1.54) is 12.1 Å². The van der Waals surface area contributed by atoms with Gasteiger partial charge in [0.2, 0.25) is 0 Å². The molecule has 0 saturated carbocycles. The van der Waals surface area contributed by atoms with Gasteiger partial charge in [-0.15, -0.1) is 10.2 Å². The Balaban J connectivity index is 1.42. The van der Waals surface area contributed by atoms with Gasteiger partial charge in [-0.1, -0.05) is 12.1 Å². The van der Waals surface area contributed by atoms with Crippen molar-refractivity contribution in [1.29, 1.82) is 0 Å². The van der Waals surface area contributed by atoms with Crippen molar-refractivity contribution in [2.45, 2.75) is 25.3 Å². The average molecular weight is 368 g/mol. The van der Waals surface area contributed by atoms with Crippen molar-refractivity contribution in [1.82, 2.24) is 29.2 Å². The molecule has 0 radical (unpaired) electrons. The van der Waals surface area contributed by atoms with Gasteiger partial charge in [-0.25, -0.2) is 9.37 Å². The van der Waals surface area contributed by atoms with Crippen LogP contribution in [0.4, 0.5) is 4.39 Å². The molecule has 27 heavy (non-hydrogen) atoms. The van der Waals surface area contributed by atoms with Gasteiger partial charge >= 0.3 is 0 Å². The maximum absolute atomic E-state index is 13.9. The molecule has 0 bridgehead atoms. The smallest absolute Gasteiger partial charge is 0.256 e. The fourth-order valence-corrected chi connectivity index (χ4v) is 3.56. The first-order valence-corrected chi connectivity index (χ1v) is 9.01. The average Bonchev–Trinajstić information content (AvgIpc) is 3.33. The monoisotopic (exact) mass is 368 g/mol. The lowest BCUT2D eigenvalue weighted by atomic mass is 9.95. The van der Waals surface area contributed by atoms with Gasteiger partial charge in [0.25, 0.3) is 5.91 Å². The Labute approximate surface area is 156 Å². The number of hydrogen-bond donors (Lipinski definition) is 0. The third-order valence-corrected chi connectivity index (χ3v) is 5.13. The van der Waals surface area contributed by atoms with Crippen LogP contribution in [0.25, 0.3) is 0 Å². The predicted octanol–water partition coefficient (Wildman–Crippen LogP) is 2.22. The SMILES string of the molecule is Cn1c(Cn2ccnc2)nnc1C1CCN(C(=O)c2ccccc2F)CC1. The first-order chi connectivity index (χ1) is 13.1. The highest BCUT2D eigenvalue weighted by Gasteiger charge is 2.28. The molecule has 7 nitrogen and oxygen atoms in total. The third-order valence-electron chi connectivity index (χ3n) is 5.13. The third kappa shape index (κ3) is 3.47. The fraction of sp³-hybridized carbons (Fsp3) is 0.368. The van der Waals surface area contributed by atoms with Gasteiger partial charge in [-0.2, -0.15) is 0 Å². The Morgan fingerprint density at radius 3 is 2.70 bits per heavy atom. The summed E-state index contributed by atoms with van der Waals surface area (Å²) >= 11 is 0. The van der Waals surface area contributed by atoms with Crippen molar-refractivity contribution in [2.75, 3.05) is 13.1 Å². The molecule has 1 aliphatic rings. The number of nitrogens with zero attached hydrogens (tertiary/aromatic N) is 6. The van der Waals surface area contributed by atoms with Crippen LogP contribution in [0.3, 0.4) is 0 Å². The Morgan fingerprint density at radius 1 is 1.22 bits per heavy atom. The van der Waals surface area contributed by atoms with E-state index < -0.39 is 5.82 Å². The summed E-state index contributed by atoms with van der Waals surface area (Å²) in [6, 6.07) is 6.13. The van der Waals surface area contributed by atoms with Crippen molar-refractivity contribution >= 4 is 5.91 Å². The van der Waals surface area contributed by atoms with Gasteiger partial charge in [-0.05, 0) is 25.0 Å². The second-order valence-corrected chi connectivity index (χ2v) is 6.81. The van der Waals surface area contributed by atoms with Crippen molar-refractivity contribution in [3.05, 3.63) is 66.0 Å². The van der Waals surface area contributed by atoms with E-state index >= 15 is 0 Å². The number of rotatable bonds is 4. The van der Waals surface area contributed by atoms with E-state index in [0.29, 0.717) is 19.6 Å². The molecule has 1 aliphatic heterocycles. The number of aromatic nitrogens is 5. The van der Waals surface area contributed by atoms with Crippen LogP contribution in [-0.2, 0) is 13.6 Å². The second kappa shape index (κ2) is 7.30. The molecular formula is C19H21FN6O. The Bertz CT molecular complexity index is 928. The van der Waals surface area contributed by atoms with Crippen LogP contribution in [0.1, 0.15) is 40.8 Å². The number of hydrogen-bond acceptors (Lipinski definition) is 4. The standard InChI is InChI=1S/C19H21FN6O/c1-24-17(12-25-11-8-21-13-25)22-23-18(24)14-6-9-26(10-7-14)19(27)15-4-2-3-5-16(15)20/h2-5,8,11,13-14H,6-7,9-10,12H2,1H3. The summed E-state index contributed by atoms with van der Waals surface area (Å²) in [5.74, 6) is 1.33. The molecule has 8 heteroatoms. The highest BCUT2D eigenvalue weighted by molar-refractivity contribution is 5.94. The Morgan fingerprint density at radius 2 is 2.00 bits per heavy atom. The maximum atomic E-state index is 13.9. The first-order valence-electron chi connectivity index (χ1n) is 9.01. The second-order valence-electron chi connectivity index (χ2n) is 6.81. The predicted molar refractivity (Wildman–Crippen MR) is 96.6 cm³/mol. The van der Waals surface area contributed by atoms with E-state index in [2.05, 4.69) is 15.2 Å². The summed E-state index contributed by atoms with van der Waals surface area (Å²) in [5.41, 5.74) is 0.136. The fourth-order valence-electron chi connectivity index (χ4n) is 3.56. The minimum absolute atomic E-state index is 0.136. The van der Waals surface area contributed by atoms with Gasteiger partial charge in [0.1, 0.15) is 11.6 Å². The van der Waals surface area contributed by atoms with Crippen LogP contribution in [0.2, 0.25) is 0 Å². The summed E-state index contributed by atoms with van der Waals surface area (Å²) in [6.45, 7) is 1.79. The van der Waals surface area contributed by atoms with Gasteiger partial charge in [0, 0.05) is 38.4 Å². The number of likely N-dealkylation sites (tertiary alicyclic amines) is 1. The number of halogens is 1. The summed E-state index contributed by atoms with van der Waals surface area (Å²) in [4.78, 5) is 18.3. The van der Waals surface area contributed by atoms with Crippen LogP contribution in [0.5, 0.6) is 0 Å². The van der Waals surface area contributed by atoms with E-state index in [-0.39, 0.29) is 17.4 Å². The Hall–Kier alpha value is -3.03. The molecule has 0 aliphatic carbocycles. The number of carbonyl (C=O) groups is 1. The molecule has 140 valence electrons. The summed E-state index contributed by atoms with van der Waals surface area (Å²) in [6.07, 6.45) is 6.95. The lowest BCUT2D eigenvalue weighted by Crippen LogP contribution is -2.38. The van der Waals surface area contributed by atoms with Crippen LogP contribution in [0, 0.1) is 5.82 Å². The quantitative estimate of drug-likeness (QED) is 0.708. The van der Waals surface area contributed by atoms with Gasteiger partial charge in [-0.3, -0.25) is 4.79 Å². The van der Waals surface area contributed by atoms with Crippen LogP contribution < -0.4 is 0 Å². The molecule has 0 atom stereocenters. The highest BCUT2D eigenvalue weighted by atomic mass is 19.1. The number of piperidine rings is 1. The molecule has 1 fully saturated rings. The van der Waals surface area contributed by atoms with Gasteiger partial charge in [0.05, 0.1) is 18.4 Å². The van der Waals surface area contributed by atoms with Gasteiger partial charge < -0.3 is 14.0 Å². The molecule has 1 amide bonds. The molecule has 1 saturated heterocycles. The zero-order chi connectivity index (χ0) is 18.8. The van der Waals surface area contributed by atoms with E-state index in [1.54, 1.807) is 29.6 Å². The van der Waals surface area contributed by atoms with Crippen molar-refractivity contribution in [3.63, 3.8) is 0 Å². The Kier molecular flexibility index (Phi) is 4.70. The first kappa shape index (κ1) is 17.4. The van der Waals surface area contributed by atoms with Crippen LogP contribution >= 0.6 is 0 Å². The molecule has 0 spiro atoms. The van der Waals surface area contributed by atoms with E-state index in [9.17, 15) is 9.18 Å².